The lowest BCUT2D eigenvalue weighted by atomic mass is 9.97. The number of amides is 1. The first-order valence-corrected chi connectivity index (χ1v) is 12.1. The van der Waals surface area contributed by atoms with Gasteiger partial charge in [-0.15, -0.1) is 11.3 Å². The summed E-state index contributed by atoms with van der Waals surface area (Å²) in [5, 5.41) is 4.42. The lowest BCUT2D eigenvalue weighted by molar-refractivity contribution is -0.120. The molecule has 10 heteroatoms. The molecule has 1 saturated heterocycles. The number of halogens is 2. The van der Waals surface area contributed by atoms with E-state index in [0.29, 0.717) is 47.5 Å². The number of sulfonamides is 1. The highest BCUT2D eigenvalue weighted by Gasteiger charge is 2.30. The number of piperidine rings is 1. The van der Waals surface area contributed by atoms with Gasteiger partial charge in [-0.1, -0.05) is 35.3 Å². The Labute approximate surface area is 178 Å². The molecule has 1 aromatic heterocycles. The molecule has 2 aromatic rings. The van der Waals surface area contributed by atoms with E-state index in [4.69, 9.17) is 23.2 Å². The number of carbonyl (C=O) groups is 1. The molecule has 2 heterocycles. The summed E-state index contributed by atoms with van der Waals surface area (Å²) < 4.78 is 25.3. The summed E-state index contributed by atoms with van der Waals surface area (Å²) in [4.78, 5) is 17.7. The molecule has 3 rings (SSSR count). The molecule has 1 aromatic carbocycles. The van der Waals surface area contributed by atoms with Crippen LogP contribution in [-0.4, -0.2) is 42.5 Å². The molecule has 0 saturated carbocycles. The van der Waals surface area contributed by atoms with Crippen molar-refractivity contribution < 1.29 is 13.2 Å². The van der Waals surface area contributed by atoms with E-state index in [1.807, 2.05) is 12.1 Å². The van der Waals surface area contributed by atoms with Crippen molar-refractivity contribution in [3.05, 3.63) is 44.9 Å². The van der Waals surface area contributed by atoms with Gasteiger partial charge in [0.05, 0.1) is 15.8 Å². The zero-order valence-electron chi connectivity index (χ0n) is 15.3. The standard InChI is InChI=1S/C18H21Cl2N3O3S2/c1-2-28(25,26)23-8-6-12(7-9-23)17(24)22-18-21-11-14(27-18)10-13-4-3-5-15(19)16(13)20/h3-5,11-12H,2,6-10H2,1H3,(H,21,22,24). The molecule has 6 nitrogen and oxygen atoms in total. The monoisotopic (exact) mass is 461 g/mol. The lowest BCUT2D eigenvalue weighted by Gasteiger charge is -2.30. The van der Waals surface area contributed by atoms with Crippen LogP contribution in [0.3, 0.4) is 0 Å². The molecule has 1 fully saturated rings. The van der Waals surface area contributed by atoms with Crippen molar-refractivity contribution in [1.29, 1.82) is 0 Å². The van der Waals surface area contributed by atoms with Crippen LogP contribution in [0.2, 0.25) is 10.0 Å². The number of hydrogen-bond acceptors (Lipinski definition) is 5. The van der Waals surface area contributed by atoms with Crippen LogP contribution in [0.5, 0.6) is 0 Å². The second kappa shape index (κ2) is 9.09. The molecular formula is C18H21Cl2N3O3S2. The molecule has 1 aliphatic heterocycles. The molecular weight excluding hydrogens is 441 g/mol. The van der Waals surface area contributed by atoms with Crippen molar-refractivity contribution in [2.75, 3.05) is 24.2 Å². The van der Waals surface area contributed by atoms with Crippen LogP contribution >= 0.6 is 34.5 Å². The van der Waals surface area contributed by atoms with Crippen LogP contribution in [0, 0.1) is 5.92 Å². The summed E-state index contributed by atoms with van der Waals surface area (Å²) in [6, 6.07) is 5.49. The maximum absolute atomic E-state index is 12.5. The van der Waals surface area contributed by atoms with Crippen molar-refractivity contribution in [2.45, 2.75) is 26.2 Å². The lowest BCUT2D eigenvalue weighted by Crippen LogP contribution is -2.42. The highest BCUT2D eigenvalue weighted by atomic mass is 35.5. The van der Waals surface area contributed by atoms with E-state index in [1.165, 1.54) is 15.6 Å². The van der Waals surface area contributed by atoms with Gasteiger partial charge >= 0.3 is 0 Å². The van der Waals surface area contributed by atoms with Crippen molar-refractivity contribution in [3.63, 3.8) is 0 Å². The molecule has 28 heavy (non-hydrogen) atoms. The van der Waals surface area contributed by atoms with Crippen LogP contribution in [0.4, 0.5) is 5.13 Å². The summed E-state index contributed by atoms with van der Waals surface area (Å²) in [5.74, 6) is -0.240. The molecule has 0 aliphatic carbocycles. The van der Waals surface area contributed by atoms with E-state index in [1.54, 1.807) is 19.2 Å². The second-order valence-corrected chi connectivity index (χ2v) is 10.7. The summed E-state index contributed by atoms with van der Waals surface area (Å²) in [6.45, 7) is 2.39. The minimum absolute atomic E-state index is 0.0857. The Morgan fingerprint density at radius 3 is 2.71 bits per heavy atom. The number of hydrogen-bond donors (Lipinski definition) is 1. The quantitative estimate of drug-likeness (QED) is 0.703. The van der Waals surface area contributed by atoms with Crippen molar-refractivity contribution in [3.8, 4) is 0 Å². The van der Waals surface area contributed by atoms with Crippen LogP contribution in [-0.2, 0) is 21.2 Å². The molecule has 1 N–H and O–H groups in total. The zero-order valence-corrected chi connectivity index (χ0v) is 18.5. The summed E-state index contributed by atoms with van der Waals surface area (Å²) in [7, 11) is -3.19. The topological polar surface area (TPSA) is 79.4 Å². The van der Waals surface area contributed by atoms with Gasteiger partial charge in [-0.05, 0) is 31.4 Å². The molecule has 0 radical (unpaired) electrons. The van der Waals surface area contributed by atoms with Crippen molar-refractivity contribution >= 4 is 55.6 Å². The Balaban J connectivity index is 1.57. The summed E-state index contributed by atoms with van der Waals surface area (Å²) in [6.07, 6.45) is 3.33. The fourth-order valence-electron chi connectivity index (χ4n) is 3.11. The first kappa shape index (κ1) is 21.5. The highest BCUT2D eigenvalue weighted by molar-refractivity contribution is 7.89. The number of nitrogens with one attached hydrogen (secondary N) is 1. The predicted octanol–water partition coefficient (Wildman–Crippen LogP) is 4.04. The average Bonchev–Trinajstić information content (AvgIpc) is 3.12. The Hall–Kier alpha value is -1.19. The van der Waals surface area contributed by atoms with Gasteiger partial charge in [0, 0.05) is 36.5 Å². The van der Waals surface area contributed by atoms with Crippen LogP contribution in [0.15, 0.2) is 24.4 Å². The van der Waals surface area contributed by atoms with Gasteiger partial charge in [-0.2, -0.15) is 0 Å². The molecule has 1 aliphatic rings. The SMILES string of the molecule is CCS(=O)(=O)N1CCC(C(=O)Nc2ncc(Cc3cccc(Cl)c3Cl)s2)CC1. The van der Waals surface area contributed by atoms with E-state index in [-0.39, 0.29) is 17.6 Å². The fraction of sp³-hybridized carbons (Fsp3) is 0.444. The number of benzene rings is 1. The second-order valence-electron chi connectivity index (χ2n) is 6.58. The summed E-state index contributed by atoms with van der Waals surface area (Å²) in [5.41, 5.74) is 0.903. The number of nitrogens with zero attached hydrogens (tertiary/aromatic N) is 2. The van der Waals surface area contributed by atoms with E-state index in [0.717, 1.165) is 10.4 Å². The van der Waals surface area contributed by atoms with E-state index < -0.39 is 10.0 Å². The predicted molar refractivity (Wildman–Crippen MR) is 114 cm³/mol. The third-order valence-corrected chi connectivity index (χ3v) is 8.42. The van der Waals surface area contributed by atoms with E-state index in [9.17, 15) is 13.2 Å². The normalized spacial score (nSPS) is 16.2. The fourth-order valence-corrected chi connectivity index (χ4v) is 5.46. The molecule has 0 bridgehead atoms. The van der Waals surface area contributed by atoms with Crippen molar-refractivity contribution in [1.82, 2.24) is 9.29 Å². The molecule has 152 valence electrons. The number of thiazole rings is 1. The van der Waals surface area contributed by atoms with Gasteiger partial charge in [-0.3, -0.25) is 4.79 Å². The van der Waals surface area contributed by atoms with Gasteiger partial charge in [0.1, 0.15) is 0 Å². The Morgan fingerprint density at radius 1 is 1.32 bits per heavy atom. The highest BCUT2D eigenvalue weighted by Crippen LogP contribution is 2.30. The van der Waals surface area contributed by atoms with Gasteiger partial charge < -0.3 is 5.32 Å². The third kappa shape index (κ3) is 5.04. The zero-order chi connectivity index (χ0) is 20.3. The maximum Gasteiger partial charge on any atom is 0.229 e. The first-order valence-electron chi connectivity index (χ1n) is 8.96. The van der Waals surface area contributed by atoms with Gasteiger partial charge in [0.15, 0.2) is 5.13 Å². The van der Waals surface area contributed by atoms with Crippen LogP contribution < -0.4 is 5.32 Å². The first-order chi connectivity index (χ1) is 13.3. The minimum atomic E-state index is -3.19. The van der Waals surface area contributed by atoms with E-state index >= 15 is 0 Å². The van der Waals surface area contributed by atoms with Crippen LogP contribution in [0.1, 0.15) is 30.2 Å². The number of aromatic nitrogens is 1. The number of rotatable bonds is 6. The Kier molecular flexibility index (Phi) is 6.98. The minimum Gasteiger partial charge on any atom is -0.302 e. The largest absolute Gasteiger partial charge is 0.302 e. The molecule has 0 atom stereocenters. The average molecular weight is 462 g/mol. The van der Waals surface area contributed by atoms with Gasteiger partial charge in [-0.25, -0.2) is 17.7 Å². The Morgan fingerprint density at radius 2 is 2.04 bits per heavy atom. The van der Waals surface area contributed by atoms with E-state index in [2.05, 4.69) is 10.3 Å². The third-order valence-electron chi connectivity index (χ3n) is 4.76. The maximum atomic E-state index is 12.5. The molecule has 0 spiro atoms. The van der Waals surface area contributed by atoms with Crippen LogP contribution in [0.25, 0.3) is 0 Å². The number of carbonyl (C=O) groups excluding carboxylic acids is 1. The van der Waals surface area contributed by atoms with Gasteiger partial charge in [0.2, 0.25) is 15.9 Å². The van der Waals surface area contributed by atoms with Gasteiger partial charge in [0.25, 0.3) is 0 Å². The summed E-state index contributed by atoms with van der Waals surface area (Å²) >= 11 is 13.7. The molecule has 0 unspecified atom stereocenters. The number of anilines is 1. The smallest absolute Gasteiger partial charge is 0.229 e. The van der Waals surface area contributed by atoms with Crippen molar-refractivity contribution in [2.24, 2.45) is 5.92 Å². The Bertz CT molecular complexity index is 955. The molecule has 1 amide bonds.